The van der Waals surface area contributed by atoms with Gasteiger partial charge in [0.1, 0.15) is 5.75 Å². The fourth-order valence-electron chi connectivity index (χ4n) is 2.97. The lowest BCUT2D eigenvalue weighted by Gasteiger charge is -2.06. The summed E-state index contributed by atoms with van der Waals surface area (Å²) in [4.78, 5) is 10.7. The van der Waals surface area contributed by atoms with Crippen LogP contribution >= 0.6 is 11.6 Å². The first kappa shape index (κ1) is 22.8. The average Bonchev–Trinajstić information content (AvgIpc) is 2.64. The molecule has 0 saturated heterocycles. The van der Waals surface area contributed by atoms with Gasteiger partial charge in [0.2, 0.25) is 5.24 Å². The van der Waals surface area contributed by atoms with Gasteiger partial charge in [-0.15, -0.1) is 0 Å². The van der Waals surface area contributed by atoms with Gasteiger partial charge in [0.05, 0.1) is 6.61 Å². The number of carbonyl (C=O) groups excluding carboxylic acids is 1. The van der Waals surface area contributed by atoms with Crippen molar-refractivity contribution in [3.05, 3.63) is 35.9 Å². The van der Waals surface area contributed by atoms with Crippen LogP contribution in [0.15, 0.2) is 30.3 Å². The van der Waals surface area contributed by atoms with Crippen LogP contribution in [0.3, 0.4) is 0 Å². The first-order valence-electron chi connectivity index (χ1n) is 10.3. The molecule has 0 aliphatic heterocycles. The van der Waals surface area contributed by atoms with Gasteiger partial charge >= 0.3 is 0 Å². The lowest BCUT2D eigenvalue weighted by Crippen LogP contribution is -1.97. The molecule has 146 valence electrons. The van der Waals surface area contributed by atoms with E-state index in [4.69, 9.17) is 16.3 Å². The van der Waals surface area contributed by atoms with Gasteiger partial charge < -0.3 is 4.74 Å². The maximum Gasteiger partial charge on any atom is 0.245 e. The number of hydrogen-bond donors (Lipinski definition) is 0. The molecule has 0 saturated carbocycles. The van der Waals surface area contributed by atoms with Crippen LogP contribution in [0.1, 0.15) is 89.5 Å². The zero-order valence-electron chi connectivity index (χ0n) is 16.4. The number of hydrogen-bond acceptors (Lipinski definition) is 2. The Balaban J connectivity index is 1.93. The number of benzene rings is 1. The molecular weight excluding hydrogens is 344 g/mol. The molecule has 0 aliphatic carbocycles. The molecule has 0 heterocycles. The molecule has 26 heavy (non-hydrogen) atoms. The highest BCUT2D eigenvalue weighted by atomic mass is 35.5. The minimum absolute atomic E-state index is 0.461. The molecule has 0 amide bonds. The quantitative estimate of drug-likeness (QED) is 0.168. The van der Waals surface area contributed by atoms with Crippen molar-refractivity contribution in [2.24, 2.45) is 0 Å². The zero-order chi connectivity index (χ0) is 18.9. The van der Waals surface area contributed by atoms with Gasteiger partial charge in [0, 0.05) is 0 Å². The third-order valence-corrected chi connectivity index (χ3v) is 4.68. The van der Waals surface area contributed by atoms with Gasteiger partial charge in [-0.25, -0.2) is 0 Å². The molecule has 0 aromatic heterocycles. The second-order valence-corrected chi connectivity index (χ2v) is 7.32. The fraction of sp³-hybridized carbons (Fsp3) is 0.609. The van der Waals surface area contributed by atoms with E-state index in [9.17, 15) is 4.79 Å². The van der Waals surface area contributed by atoms with Crippen molar-refractivity contribution >= 4 is 22.9 Å². The first-order valence-corrected chi connectivity index (χ1v) is 10.7. The Morgan fingerprint density at radius 2 is 1.35 bits per heavy atom. The Labute approximate surface area is 165 Å². The summed E-state index contributed by atoms with van der Waals surface area (Å²) in [5.74, 6) is 0.877. The molecule has 3 heteroatoms. The largest absolute Gasteiger partial charge is 0.494 e. The smallest absolute Gasteiger partial charge is 0.245 e. The lowest BCUT2D eigenvalue weighted by atomic mass is 10.1. The van der Waals surface area contributed by atoms with Crippen molar-refractivity contribution in [3.63, 3.8) is 0 Å². The summed E-state index contributed by atoms with van der Waals surface area (Å²) in [5, 5.41) is -0.461. The van der Waals surface area contributed by atoms with E-state index in [1.807, 2.05) is 24.3 Å². The Morgan fingerprint density at radius 3 is 1.85 bits per heavy atom. The van der Waals surface area contributed by atoms with Gasteiger partial charge in [0.25, 0.3) is 0 Å². The second kappa shape index (κ2) is 15.9. The van der Waals surface area contributed by atoms with Crippen LogP contribution in [0, 0.1) is 0 Å². The molecule has 0 bridgehead atoms. The molecule has 1 rings (SSSR count). The molecular formula is C23H35ClO2. The van der Waals surface area contributed by atoms with Crippen LogP contribution in [0.2, 0.25) is 0 Å². The van der Waals surface area contributed by atoms with E-state index in [2.05, 4.69) is 6.92 Å². The molecule has 2 nitrogen and oxygen atoms in total. The van der Waals surface area contributed by atoms with E-state index in [0.717, 1.165) is 24.3 Å². The Bertz CT molecular complexity index is 493. The van der Waals surface area contributed by atoms with E-state index >= 15 is 0 Å². The van der Waals surface area contributed by atoms with E-state index in [1.165, 1.54) is 76.7 Å². The molecule has 0 fully saturated rings. The van der Waals surface area contributed by atoms with E-state index < -0.39 is 5.24 Å². The van der Waals surface area contributed by atoms with Gasteiger partial charge in [-0.3, -0.25) is 4.79 Å². The topological polar surface area (TPSA) is 26.3 Å². The number of allylic oxidation sites excluding steroid dienone is 1. The molecule has 0 N–H and O–H groups in total. The molecule has 0 radical (unpaired) electrons. The summed E-state index contributed by atoms with van der Waals surface area (Å²) in [7, 11) is 0. The van der Waals surface area contributed by atoms with Gasteiger partial charge in [-0.2, -0.15) is 0 Å². The predicted octanol–water partition coefficient (Wildman–Crippen LogP) is 7.55. The van der Waals surface area contributed by atoms with Crippen LogP contribution < -0.4 is 4.74 Å². The van der Waals surface area contributed by atoms with Crippen molar-refractivity contribution in [2.75, 3.05) is 6.61 Å². The minimum atomic E-state index is -0.461. The van der Waals surface area contributed by atoms with E-state index in [0.29, 0.717) is 0 Å². The van der Waals surface area contributed by atoms with Crippen molar-refractivity contribution in [1.29, 1.82) is 0 Å². The average molecular weight is 379 g/mol. The molecule has 0 aliphatic rings. The maximum absolute atomic E-state index is 10.7. The number of carbonyl (C=O) groups is 1. The maximum atomic E-state index is 10.7. The molecule has 0 spiro atoms. The first-order chi connectivity index (χ1) is 12.7. The lowest BCUT2D eigenvalue weighted by molar-refractivity contribution is -0.107. The van der Waals surface area contributed by atoms with Crippen LogP contribution in [0.25, 0.3) is 6.08 Å². The van der Waals surface area contributed by atoms with Gasteiger partial charge in [-0.1, -0.05) is 95.8 Å². The molecule has 1 aromatic rings. The number of unbranched alkanes of at least 4 members (excludes halogenated alkanes) is 11. The van der Waals surface area contributed by atoms with E-state index in [1.54, 1.807) is 6.08 Å². The van der Waals surface area contributed by atoms with Crippen LogP contribution in [0.5, 0.6) is 5.75 Å². The minimum Gasteiger partial charge on any atom is -0.494 e. The Morgan fingerprint density at radius 1 is 0.846 bits per heavy atom. The van der Waals surface area contributed by atoms with Gasteiger partial charge in [0.15, 0.2) is 0 Å². The predicted molar refractivity (Wildman–Crippen MR) is 113 cm³/mol. The van der Waals surface area contributed by atoms with Crippen molar-refractivity contribution < 1.29 is 9.53 Å². The van der Waals surface area contributed by atoms with E-state index in [-0.39, 0.29) is 0 Å². The highest BCUT2D eigenvalue weighted by molar-refractivity contribution is 6.66. The third kappa shape index (κ3) is 13.0. The number of halogens is 1. The van der Waals surface area contributed by atoms with Crippen LogP contribution in [-0.2, 0) is 4.79 Å². The van der Waals surface area contributed by atoms with Crippen molar-refractivity contribution in [2.45, 2.75) is 84.0 Å². The normalized spacial score (nSPS) is 11.2. The Kier molecular flexibility index (Phi) is 13.9. The monoisotopic (exact) mass is 378 g/mol. The summed E-state index contributed by atoms with van der Waals surface area (Å²) in [6.45, 7) is 3.04. The summed E-state index contributed by atoms with van der Waals surface area (Å²) in [6.07, 6.45) is 19.3. The Hall–Kier alpha value is -1.28. The highest BCUT2D eigenvalue weighted by Crippen LogP contribution is 2.15. The molecule has 1 aromatic carbocycles. The zero-order valence-corrected chi connectivity index (χ0v) is 17.1. The summed E-state index contributed by atoms with van der Waals surface area (Å²) >= 11 is 5.28. The summed E-state index contributed by atoms with van der Waals surface area (Å²) in [6, 6.07) is 7.71. The van der Waals surface area contributed by atoms with Crippen molar-refractivity contribution in [1.82, 2.24) is 0 Å². The number of rotatable bonds is 16. The van der Waals surface area contributed by atoms with Crippen LogP contribution in [-0.4, -0.2) is 11.8 Å². The summed E-state index contributed by atoms with van der Waals surface area (Å²) < 4.78 is 5.76. The SMILES string of the molecule is CCCCCCCCCCCCCCOc1ccc(C=CC(=O)Cl)cc1. The second-order valence-electron chi connectivity index (χ2n) is 6.94. The van der Waals surface area contributed by atoms with Crippen LogP contribution in [0.4, 0.5) is 0 Å². The molecule has 0 atom stereocenters. The highest BCUT2D eigenvalue weighted by Gasteiger charge is 1.96. The third-order valence-electron chi connectivity index (χ3n) is 4.55. The molecule has 0 unspecified atom stereocenters. The fourth-order valence-corrected chi connectivity index (χ4v) is 3.03. The number of ether oxygens (including phenoxy) is 1. The van der Waals surface area contributed by atoms with Crippen molar-refractivity contribution in [3.8, 4) is 5.75 Å². The van der Waals surface area contributed by atoms with Gasteiger partial charge in [-0.05, 0) is 41.8 Å². The summed E-state index contributed by atoms with van der Waals surface area (Å²) in [5.41, 5.74) is 0.941. The standard InChI is InChI=1S/C23H35ClO2/c1-2-3-4-5-6-7-8-9-10-11-12-13-20-26-22-17-14-21(15-18-22)16-19-23(24)25/h14-19H,2-13,20H2,1H3.